The van der Waals surface area contributed by atoms with Crippen molar-refractivity contribution in [2.75, 3.05) is 10.0 Å². The third-order valence-electron chi connectivity index (χ3n) is 5.93. The summed E-state index contributed by atoms with van der Waals surface area (Å²) in [5.41, 5.74) is 1.29. The second-order valence-corrected chi connectivity index (χ2v) is 11.2. The normalized spacial score (nSPS) is 15.3. The summed E-state index contributed by atoms with van der Waals surface area (Å²) in [5.74, 6) is 0. The minimum Gasteiger partial charge on any atom is -0.359 e. The van der Waals surface area contributed by atoms with Crippen LogP contribution in [-0.4, -0.2) is 19.4 Å². The highest BCUT2D eigenvalue weighted by atomic mass is 32.2. The lowest BCUT2D eigenvalue weighted by molar-refractivity contribution is -0.137. The van der Waals surface area contributed by atoms with Gasteiger partial charge in [0.05, 0.1) is 21.0 Å². The number of benzene rings is 2. The lowest BCUT2D eigenvalue weighted by Gasteiger charge is -2.22. The van der Waals surface area contributed by atoms with Crippen LogP contribution < -0.4 is 10.0 Å². The Bertz CT molecular complexity index is 1260. The van der Waals surface area contributed by atoms with Crippen LogP contribution in [-0.2, 0) is 16.2 Å². The molecule has 1 heterocycles. The zero-order chi connectivity index (χ0) is 24.5. The minimum atomic E-state index is -4.49. The molecule has 1 fully saturated rings. The summed E-state index contributed by atoms with van der Waals surface area (Å²) in [6.45, 7) is 3.58. The summed E-state index contributed by atoms with van der Waals surface area (Å²) in [6, 6.07) is 9.50. The van der Waals surface area contributed by atoms with E-state index in [9.17, 15) is 21.6 Å². The van der Waals surface area contributed by atoms with Crippen molar-refractivity contribution in [2.24, 2.45) is 0 Å². The van der Waals surface area contributed by atoms with Gasteiger partial charge in [0.25, 0.3) is 10.0 Å². The number of aromatic nitrogens is 1. The summed E-state index contributed by atoms with van der Waals surface area (Å²) in [5, 5.41) is 4.34. The van der Waals surface area contributed by atoms with E-state index < -0.39 is 21.8 Å². The van der Waals surface area contributed by atoms with Crippen LogP contribution in [0.25, 0.3) is 10.4 Å². The molecule has 0 saturated heterocycles. The van der Waals surface area contributed by atoms with Crippen LogP contribution in [0, 0.1) is 13.8 Å². The van der Waals surface area contributed by atoms with Crippen molar-refractivity contribution in [2.45, 2.75) is 63.1 Å². The molecule has 0 bridgehead atoms. The van der Waals surface area contributed by atoms with Crippen molar-refractivity contribution in [1.29, 1.82) is 0 Å². The molecule has 0 atom stereocenters. The number of nitrogens with zero attached hydrogens (tertiary/aromatic N) is 1. The molecule has 0 unspecified atom stereocenters. The molecule has 1 aliphatic carbocycles. The van der Waals surface area contributed by atoms with E-state index in [0.717, 1.165) is 58.4 Å². The molecule has 1 aliphatic rings. The predicted octanol–water partition coefficient (Wildman–Crippen LogP) is 6.99. The number of sulfonamides is 1. The second kappa shape index (κ2) is 9.58. The number of nitrogens with one attached hydrogen (secondary N) is 2. The van der Waals surface area contributed by atoms with E-state index in [0.29, 0.717) is 11.6 Å². The third kappa shape index (κ3) is 5.55. The van der Waals surface area contributed by atoms with Crippen molar-refractivity contribution >= 4 is 32.2 Å². The smallest absolute Gasteiger partial charge is 0.359 e. The molecule has 0 spiro atoms. The maximum absolute atomic E-state index is 13.1. The van der Waals surface area contributed by atoms with Crippen LogP contribution in [0.3, 0.4) is 0 Å². The first-order chi connectivity index (χ1) is 16.0. The molecule has 5 nitrogen and oxygen atoms in total. The monoisotopic (exact) mass is 509 g/mol. The van der Waals surface area contributed by atoms with E-state index in [1.165, 1.54) is 30.6 Å². The Hall–Kier alpha value is -2.59. The number of aryl methyl sites for hydroxylation is 2. The fourth-order valence-corrected chi connectivity index (χ4v) is 6.49. The second-order valence-electron chi connectivity index (χ2n) is 8.57. The Morgan fingerprint density at radius 2 is 1.68 bits per heavy atom. The third-order valence-corrected chi connectivity index (χ3v) is 8.59. The first kappa shape index (κ1) is 24.5. The Morgan fingerprint density at radius 1 is 1.00 bits per heavy atom. The van der Waals surface area contributed by atoms with E-state index in [1.807, 2.05) is 13.0 Å². The summed E-state index contributed by atoms with van der Waals surface area (Å²) in [6.07, 6.45) is 1.44. The van der Waals surface area contributed by atoms with Crippen molar-refractivity contribution in [1.82, 2.24) is 4.98 Å². The van der Waals surface area contributed by atoms with Gasteiger partial charge < -0.3 is 5.32 Å². The molecule has 1 saturated carbocycles. The Labute approximate surface area is 201 Å². The van der Waals surface area contributed by atoms with Gasteiger partial charge in [0, 0.05) is 11.7 Å². The maximum atomic E-state index is 13.1. The van der Waals surface area contributed by atoms with Gasteiger partial charge in [-0.3, -0.25) is 4.72 Å². The zero-order valence-corrected chi connectivity index (χ0v) is 20.5. The van der Waals surface area contributed by atoms with Gasteiger partial charge in [-0.05, 0) is 68.1 Å². The van der Waals surface area contributed by atoms with E-state index in [4.69, 9.17) is 0 Å². The average molecular weight is 510 g/mol. The highest BCUT2D eigenvalue weighted by Crippen LogP contribution is 2.36. The van der Waals surface area contributed by atoms with Gasteiger partial charge >= 0.3 is 6.18 Å². The van der Waals surface area contributed by atoms with Crippen LogP contribution in [0.1, 0.15) is 48.9 Å². The first-order valence-electron chi connectivity index (χ1n) is 11.1. The van der Waals surface area contributed by atoms with Crippen molar-refractivity contribution in [3.8, 4) is 10.4 Å². The topological polar surface area (TPSA) is 71.1 Å². The highest BCUT2D eigenvalue weighted by molar-refractivity contribution is 7.92. The summed E-state index contributed by atoms with van der Waals surface area (Å²) >= 11 is 1.50. The van der Waals surface area contributed by atoms with Gasteiger partial charge in [0.2, 0.25) is 0 Å². The van der Waals surface area contributed by atoms with Gasteiger partial charge in [0.15, 0.2) is 5.13 Å². The average Bonchev–Trinajstić information content (AvgIpc) is 3.14. The van der Waals surface area contributed by atoms with E-state index in [2.05, 4.69) is 15.0 Å². The van der Waals surface area contributed by atoms with Gasteiger partial charge in [-0.25, -0.2) is 13.4 Å². The number of rotatable bonds is 6. The minimum absolute atomic E-state index is 0.0609. The van der Waals surface area contributed by atoms with Gasteiger partial charge in [-0.1, -0.05) is 42.7 Å². The molecule has 0 radical (unpaired) electrons. The van der Waals surface area contributed by atoms with Crippen molar-refractivity contribution in [3.63, 3.8) is 0 Å². The number of anilines is 2. The molecule has 0 aliphatic heterocycles. The molecular formula is C24H26F3N3O2S2. The fourth-order valence-electron chi connectivity index (χ4n) is 4.12. The molecule has 1 aromatic heterocycles. The zero-order valence-electron chi connectivity index (χ0n) is 18.9. The van der Waals surface area contributed by atoms with Crippen LogP contribution in [0.15, 0.2) is 47.4 Å². The van der Waals surface area contributed by atoms with Crippen LogP contribution in [0.4, 0.5) is 24.0 Å². The number of hydrogen-bond acceptors (Lipinski definition) is 5. The van der Waals surface area contributed by atoms with Crippen LogP contribution in [0.2, 0.25) is 0 Å². The Balaban J connectivity index is 1.58. The molecule has 0 amide bonds. The van der Waals surface area contributed by atoms with Crippen LogP contribution >= 0.6 is 11.3 Å². The quantitative estimate of drug-likeness (QED) is 0.376. The fraction of sp³-hybridized carbons (Fsp3) is 0.375. The lowest BCUT2D eigenvalue weighted by atomic mass is 9.96. The molecule has 182 valence electrons. The molecule has 2 N–H and O–H groups in total. The van der Waals surface area contributed by atoms with Crippen LogP contribution in [0.5, 0.6) is 0 Å². The van der Waals surface area contributed by atoms with E-state index in [1.54, 1.807) is 19.1 Å². The van der Waals surface area contributed by atoms with Gasteiger partial charge in [0.1, 0.15) is 0 Å². The van der Waals surface area contributed by atoms with Gasteiger partial charge in [-0.15, -0.1) is 0 Å². The SMILES string of the molecule is Cc1ccc(-c2sc(NC3CCCCC3)nc2C)cc1S(=O)(=O)Nc1ccc(C(F)(F)F)cc1. The van der Waals surface area contributed by atoms with E-state index in [-0.39, 0.29) is 10.6 Å². The predicted molar refractivity (Wildman–Crippen MR) is 130 cm³/mol. The largest absolute Gasteiger partial charge is 0.416 e. The molecule has 3 aromatic rings. The molecular weight excluding hydrogens is 483 g/mol. The molecule has 10 heteroatoms. The van der Waals surface area contributed by atoms with Crippen molar-refractivity contribution in [3.05, 3.63) is 59.3 Å². The summed E-state index contributed by atoms with van der Waals surface area (Å²) in [4.78, 5) is 5.59. The van der Waals surface area contributed by atoms with Gasteiger partial charge in [-0.2, -0.15) is 13.2 Å². The summed E-state index contributed by atoms with van der Waals surface area (Å²) < 4.78 is 67.0. The molecule has 2 aromatic carbocycles. The first-order valence-corrected chi connectivity index (χ1v) is 13.4. The summed E-state index contributed by atoms with van der Waals surface area (Å²) in [7, 11) is -4.01. The Kier molecular flexibility index (Phi) is 6.91. The number of hydrogen-bond donors (Lipinski definition) is 2. The number of thiazole rings is 1. The number of alkyl halides is 3. The standard InChI is InChI=1S/C24H26F3N3O2S2/c1-15-8-9-17(22-16(2)28-23(33-22)29-19-6-4-3-5-7-19)14-21(15)34(31,32)30-20-12-10-18(11-13-20)24(25,26)27/h8-14,19,30H,3-7H2,1-2H3,(H,28,29). The highest BCUT2D eigenvalue weighted by Gasteiger charge is 2.30. The molecule has 34 heavy (non-hydrogen) atoms. The lowest BCUT2D eigenvalue weighted by Crippen LogP contribution is -2.21. The number of halogens is 3. The molecule has 4 rings (SSSR count). The van der Waals surface area contributed by atoms with Crippen molar-refractivity contribution < 1.29 is 21.6 Å². The van der Waals surface area contributed by atoms with E-state index >= 15 is 0 Å². The maximum Gasteiger partial charge on any atom is 0.416 e. The Morgan fingerprint density at radius 3 is 2.32 bits per heavy atom.